The van der Waals surface area contributed by atoms with Gasteiger partial charge < -0.3 is 15.3 Å². The monoisotopic (exact) mass is 417 g/mol. The number of thiophene rings is 1. The molecule has 0 atom stereocenters. The van der Waals surface area contributed by atoms with Crippen molar-refractivity contribution in [2.45, 2.75) is 26.7 Å². The fraction of sp³-hybridized carbons (Fsp3) is 0.182. The number of carbonyl (C=O) groups is 1. The average molecular weight is 417 g/mol. The van der Waals surface area contributed by atoms with Gasteiger partial charge in [0.25, 0.3) is 5.56 Å². The van der Waals surface area contributed by atoms with E-state index in [1.165, 1.54) is 0 Å². The number of amides is 1. The van der Waals surface area contributed by atoms with Crippen molar-refractivity contribution in [1.82, 2.24) is 15.0 Å². The number of fused-ring (bicyclic) bond motifs is 1. The number of benzene rings is 1. The SMILES string of the molecule is Cc1[nH]c(=O)c(C#N)c(C)c1CCC(=O)Nc1ccc2nc(-c3cccs3)[nH]c2c1. The molecule has 0 spiro atoms. The third-order valence-corrected chi connectivity index (χ3v) is 5.92. The van der Waals surface area contributed by atoms with Gasteiger partial charge >= 0.3 is 0 Å². The zero-order valence-corrected chi connectivity index (χ0v) is 17.3. The highest BCUT2D eigenvalue weighted by molar-refractivity contribution is 7.13. The number of anilines is 1. The van der Waals surface area contributed by atoms with Gasteiger partial charge in [0, 0.05) is 17.8 Å². The summed E-state index contributed by atoms with van der Waals surface area (Å²) in [6.45, 7) is 3.52. The fourth-order valence-electron chi connectivity index (χ4n) is 3.50. The Balaban J connectivity index is 1.48. The number of pyridine rings is 1. The number of nitriles is 1. The number of nitrogens with one attached hydrogen (secondary N) is 3. The van der Waals surface area contributed by atoms with Gasteiger partial charge in [0.15, 0.2) is 0 Å². The van der Waals surface area contributed by atoms with Crippen LogP contribution in [0.15, 0.2) is 40.5 Å². The molecular formula is C22H19N5O2S. The molecule has 7 nitrogen and oxygen atoms in total. The van der Waals surface area contributed by atoms with Gasteiger partial charge in [0.1, 0.15) is 17.5 Å². The molecule has 0 radical (unpaired) electrons. The topological polar surface area (TPSA) is 114 Å². The van der Waals surface area contributed by atoms with E-state index in [2.05, 4.69) is 20.3 Å². The van der Waals surface area contributed by atoms with Gasteiger partial charge in [0.05, 0.1) is 15.9 Å². The van der Waals surface area contributed by atoms with Crippen molar-refractivity contribution < 1.29 is 4.79 Å². The van der Waals surface area contributed by atoms with E-state index in [1.54, 1.807) is 25.2 Å². The zero-order chi connectivity index (χ0) is 21.3. The lowest BCUT2D eigenvalue weighted by molar-refractivity contribution is -0.116. The minimum atomic E-state index is -0.393. The summed E-state index contributed by atoms with van der Waals surface area (Å²) in [5.41, 5.74) is 4.21. The molecule has 30 heavy (non-hydrogen) atoms. The Morgan fingerprint density at radius 3 is 2.83 bits per heavy atom. The Bertz CT molecular complexity index is 1340. The van der Waals surface area contributed by atoms with E-state index < -0.39 is 5.56 Å². The van der Waals surface area contributed by atoms with Crippen LogP contribution in [0.1, 0.15) is 28.8 Å². The molecule has 0 aliphatic carbocycles. The van der Waals surface area contributed by atoms with Crippen LogP contribution in [0, 0.1) is 25.2 Å². The Kier molecular flexibility index (Phi) is 5.21. The molecule has 0 aliphatic heterocycles. The molecule has 1 aromatic carbocycles. The number of hydrogen-bond acceptors (Lipinski definition) is 5. The Morgan fingerprint density at radius 1 is 1.27 bits per heavy atom. The maximum Gasteiger partial charge on any atom is 0.266 e. The Labute approximate surface area is 176 Å². The molecule has 3 heterocycles. The normalized spacial score (nSPS) is 10.8. The second-order valence-electron chi connectivity index (χ2n) is 7.01. The van der Waals surface area contributed by atoms with Gasteiger partial charge in [-0.05, 0) is 61.0 Å². The number of rotatable bonds is 5. The lowest BCUT2D eigenvalue weighted by atomic mass is 9.99. The van der Waals surface area contributed by atoms with Gasteiger partial charge in [-0.3, -0.25) is 9.59 Å². The predicted molar refractivity (Wildman–Crippen MR) is 118 cm³/mol. The van der Waals surface area contributed by atoms with E-state index >= 15 is 0 Å². The summed E-state index contributed by atoms with van der Waals surface area (Å²) in [7, 11) is 0. The summed E-state index contributed by atoms with van der Waals surface area (Å²) in [5, 5.41) is 14.1. The summed E-state index contributed by atoms with van der Waals surface area (Å²) >= 11 is 1.61. The molecule has 150 valence electrons. The van der Waals surface area contributed by atoms with Gasteiger partial charge in [-0.1, -0.05) is 6.07 Å². The molecule has 0 fully saturated rings. The minimum absolute atomic E-state index is 0.0993. The standard InChI is InChI=1S/C22H19N5O2S/c1-12-15(13(2)24-22(29)16(12)11-23)6-8-20(28)25-14-5-7-17-18(10-14)27-21(26-17)19-4-3-9-30-19/h3-5,7,9-10H,6,8H2,1-2H3,(H,24,29)(H,25,28)(H,26,27). The van der Waals surface area contributed by atoms with Crippen molar-refractivity contribution in [3.8, 4) is 16.8 Å². The largest absolute Gasteiger partial charge is 0.337 e. The summed E-state index contributed by atoms with van der Waals surface area (Å²) in [4.78, 5) is 35.9. The van der Waals surface area contributed by atoms with Crippen LogP contribution in [0.2, 0.25) is 0 Å². The van der Waals surface area contributed by atoms with Gasteiger partial charge in [-0.25, -0.2) is 4.98 Å². The van der Waals surface area contributed by atoms with E-state index in [4.69, 9.17) is 0 Å². The first-order valence-electron chi connectivity index (χ1n) is 9.42. The quantitative estimate of drug-likeness (QED) is 0.454. The van der Waals surface area contributed by atoms with Crippen molar-refractivity contribution in [3.05, 3.63) is 68.4 Å². The molecule has 0 saturated carbocycles. The molecule has 3 aromatic heterocycles. The number of nitrogens with zero attached hydrogens (tertiary/aromatic N) is 2. The van der Waals surface area contributed by atoms with E-state index in [-0.39, 0.29) is 17.9 Å². The van der Waals surface area contributed by atoms with Crippen molar-refractivity contribution in [1.29, 1.82) is 5.26 Å². The van der Waals surface area contributed by atoms with Crippen LogP contribution in [-0.4, -0.2) is 20.9 Å². The summed E-state index contributed by atoms with van der Waals surface area (Å²) < 4.78 is 0. The summed E-state index contributed by atoms with van der Waals surface area (Å²) in [5.74, 6) is 0.664. The third kappa shape index (κ3) is 3.75. The molecule has 4 rings (SSSR count). The van der Waals surface area contributed by atoms with Crippen molar-refractivity contribution in [2.24, 2.45) is 0 Å². The smallest absolute Gasteiger partial charge is 0.266 e. The number of aryl methyl sites for hydroxylation is 1. The van der Waals surface area contributed by atoms with Crippen LogP contribution in [0.25, 0.3) is 21.7 Å². The highest BCUT2D eigenvalue weighted by Crippen LogP contribution is 2.26. The predicted octanol–water partition coefficient (Wildman–Crippen LogP) is 4.04. The van der Waals surface area contributed by atoms with Crippen LogP contribution >= 0.6 is 11.3 Å². The average Bonchev–Trinajstić information content (AvgIpc) is 3.37. The Morgan fingerprint density at radius 2 is 2.10 bits per heavy atom. The number of H-pyrrole nitrogens is 2. The van der Waals surface area contributed by atoms with Crippen LogP contribution in [0.4, 0.5) is 5.69 Å². The van der Waals surface area contributed by atoms with Crippen molar-refractivity contribution in [3.63, 3.8) is 0 Å². The second-order valence-corrected chi connectivity index (χ2v) is 7.96. The first-order valence-corrected chi connectivity index (χ1v) is 10.3. The summed E-state index contributed by atoms with van der Waals surface area (Å²) in [6, 6.07) is 11.5. The van der Waals surface area contributed by atoms with Crippen LogP contribution in [0.3, 0.4) is 0 Å². The molecule has 4 aromatic rings. The first-order chi connectivity index (χ1) is 14.5. The van der Waals surface area contributed by atoms with Crippen LogP contribution < -0.4 is 10.9 Å². The minimum Gasteiger partial charge on any atom is -0.337 e. The van der Waals surface area contributed by atoms with E-state index in [0.717, 1.165) is 27.3 Å². The number of hydrogen-bond donors (Lipinski definition) is 3. The highest BCUT2D eigenvalue weighted by atomic mass is 32.1. The van der Waals surface area contributed by atoms with E-state index in [1.807, 2.05) is 41.8 Å². The maximum atomic E-state index is 12.5. The lowest BCUT2D eigenvalue weighted by Crippen LogP contribution is -2.18. The number of imidazole rings is 1. The second kappa shape index (κ2) is 7.97. The molecule has 8 heteroatoms. The van der Waals surface area contributed by atoms with Gasteiger partial charge in [0.2, 0.25) is 5.91 Å². The molecule has 1 amide bonds. The lowest BCUT2D eigenvalue weighted by Gasteiger charge is -2.11. The number of carbonyl (C=O) groups excluding carboxylic acids is 1. The molecule has 0 aliphatic rings. The van der Waals surface area contributed by atoms with Gasteiger partial charge in [-0.15, -0.1) is 11.3 Å². The zero-order valence-electron chi connectivity index (χ0n) is 16.5. The van der Waals surface area contributed by atoms with E-state index in [9.17, 15) is 14.9 Å². The number of aromatic nitrogens is 3. The fourth-order valence-corrected chi connectivity index (χ4v) is 4.17. The first kappa shape index (κ1) is 19.6. The molecular weight excluding hydrogens is 398 g/mol. The van der Waals surface area contributed by atoms with Crippen LogP contribution in [-0.2, 0) is 11.2 Å². The molecule has 0 bridgehead atoms. The van der Waals surface area contributed by atoms with Crippen LogP contribution in [0.5, 0.6) is 0 Å². The third-order valence-electron chi connectivity index (χ3n) is 5.04. The summed E-state index contributed by atoms with van der Waals surface area (Å²) in [6.07, 6.45) is 0.670. The molecule has 0 saturated heterocycles. The van der Waals surface area contributed by atoms with Gasteiger partial charge in [-0.2, -0.15) is 5.26 Å². The van der Waals surface area contributed by atoms with Crippen molar-refractivity contribution in [2.75, 3.05) is 5.32 Å². The molecule has 3 N–H and O–H groups in total. The van der Waals surface area contributed by atoms with Crippen molar-refractivity contribution >= 4 is 34.0 Å². The number of aromatic amines is 2. The Hall–Kier alpha value is -3.70. The highest BCUT2D eigenvalue weighted by Gasteiger charge is 2.14. The maximum absolute atomic E-state index is 12.5. The van der Waals surface area contributed by atoms with E-state index in [0.29, 0.717) is 23.4 Å². The molecule has 0 unspecified atom stereocenters.